The van der Waals surface area contributed by atoms with Gasteiger partial charge in [0.15, 0.2) is 0 Å². The van der Waals surface area contributed by atoms with Crippen LogP contribution >= 0.6 is 0 Å². The molecule has 0 bridgehead atoms. The normalized spacial score (nSPS) is 16.4. The molecular formula is C30H44N4O4. The van der Waals surface area contributed by atoms with Crippen LogP contribution in [0.4, 0.5) is 11.4 Å². The fourth-order valence-corrected chi connectivity index (χ4v) is 5.04. The summed E-state index contributed by atoms with van der Waals surface area (Å²) >= 11 is 0. The molecule has 208 valence electrons. The minimum Gasteiger partial charge on any atom is -0.379 e. The molecule has 0 aromatic heterocycles. The van der Waals surface area contributed by atoms with Gasteiger partial charge in [-0.25, -0.2) is 0 Å². The highest BCUT2D eigenvalue weighted by molar-refractivity contribution is 5.94. The van der Waals surface area contributed by atoms with Crippen LogP contribution in [0, 0.1) is 41.5 Å². The molecule has 2 aromatic rings. The van der Waals surface area contributed by atoms with E-state index in [-0.39, 0.29) is 24.9 Å². The molecule has 8 nitrogen and oxygen atoms in total. The number of carbonyl (C=O) groups excluding carboxylic acids is 2. The number of nitrogens with one attached hydrogen (secondary N) is 2. The van der Waals surface area contributed by atoms with E-state index in [1.165, 1.54) is 11.1 Å². The maximum absolute atomic E-state index is 12.8. The van der Waals surface area contributed by atoms with Crippen molar-refractivity contribution in [1.29, 1.82) is 0 Å². The smallest absolute Gasteiger partial charge is 0.238 e. The van der Waals surface area contributed by atoms with E-state index in [9.17, 15) is 9.59 Å². The Labute approximate surface area is 227 Å². The summed E-state index contributed by atoms with van der Waals surface area (Å²) in [4.78, 5) is 29.7. The minimum absolute atomic E-state index is 0.0385. The number of hydrogen-bond acceptors (Lipinski definition) is 6. The Kier molecular flexibility index (Phi) is 11.3. The van der Waals surface area contributed by atoms with E-state index >= 15 is 0 Å². The summed E-state index contributed by atoms with van der Waals surface area (Å²) in [6.45, 7) is 17.3. The first-order valence-electron chi connectivity index (χ1n) is 13.5. The van der Waals surface area contributed by atoms with Crippen LogP contribution in [0.2, 0.25) is 0 Å². The molecule has 1 fully saturated rings. The topological polar surface area (TPSA) is 83.1 Å². The van der Waals surface area contributed by atoms with Crippen molar-refractivity contribution in [1.82, 2.24) is 9.80 Å². The Hall–Kier alpha value is -2.78. The largest absolute Gasteiger partial charge is 0.379 e. The van der Waals surface area contributed by atoms with E-state index < -0.39 is 0 Å². The van der Waals surface area contributed by atoms with E-state index in [2.05, 4.69) is 58.5 Å². The Balaban J connectivity index is 1.47. The molecule has 2 aromatic carbocycles. The van der Waals surface area contributed by atoms with Gasteiger partial charge in [0.05, 0.1) is 39.5 Å². The molecule has 0 spiro atoms. The van der Waals surface area contributed by atoms with E-state index in [1.807, 2.05) is 27.7 Å². The van der Waals surface area contributed by atoms with Gasteiger partial charge in [-0.3, -0.25) is 19.4 Å². The van der Waals surface area contributed by atoms with Crippen molar-refractivity contribution in [2.24, 2.45) is 0 Å². The first-order valence-corrected chi connectivity index (χ1v) is 13.5. The van der Waals surface area contributed by atoms with Gasteiger partial charge in [-0.05, 0) is 63.8 Å². The lowest BCUT2D eigenvalue weighted by molar-refractivity contribution is -0.118. The van der Waals surface area contributed by atoms with E-state index in [1.54, 1.807) is 0 Å². The Bertz CT molecular complexity index is 972. The average molecular weight is 525 g/mol. The summed E-state index contributed by atoms with van der Waals surface area (Å²) in [6, 6.07) is 8.33. The average Bonchev–Trinajstić information content (AvgIpc) is 2.81. The van der Waals surface area contributed by atoms with Crippen LogP contribution in [0.25, 0.3) is 0 Å². The Morgan fingerprint density at radius 2 is 0.895 bits per heavy atom. The number of nitrogens with zero attached hydrogens (tertiary/aromatic N) is 2. The summed E-state index contributed by atoms with van der Waals surface area (Å²) in [5.74, 6) is -0.0771. The number of aryl methyl sites for hydroxylation is 6. The molecular weight excluding hydrogens is 480 g/mol. The molecule has 8 heteroatoms. The van der Waals surface area contributed by atoms with Gasteiger partial charge in [0, 0.05) is 37.6 Å². The van der Waals surface area contributed by atoms with Gasteiger partial charge in [-0.1, -0.05) is 35.4 Å². The second-order valence-electron chi connectivity index (χ2n) is 10.4. The summed E-state index contributed by atoms with van der Waals surface area (Å²) in [5, 5.41) is 6.17. The van der Waals surface area contributed by atoms with Crippen molar-refractivity contribution in [2.75, 3.05) is 76.3 Å². The zero-order chi connectivity index (χ0) is 27.7. The summed E-state index contributed by atoms with van der Waals surface area (Å²) < 4.78 is 11.8. The van der Waals surface area contributed by atoms with Crippen LogP contribution in [0.15, 0.2) is 24.3 Å². The van der Waals surface area contributed by atoms with Gasteiger partial charge in [0.2, 0.25) is 11.8 Å². The van der Waals surface area contributed by atoms with Crippen LogP contribution < -0.4 is 10.6 Å². The van der Waals surface area contributed by atoms with Crippen LogP contribution in [0.1, 0.15) is 33.4 Å². The van der Waals surface area contributed by atoms with Gasteiger partial charge < -0.3 is 20.1 Å². The highest BCUT2D eigenvalue weighted by Gasteiger charge is 2.16. The molecule has 1 saturated heterocycles. The number of amides is 2. The molecule has 0 aliphatic carbocycles. The summed E-state index contributed by atoms with van der Waals surface area (Å²) in [7, 11) is 0. The second kappa shape index (κ2) is 14.4. The molecule has 3 rings (SSSR count). The standard InChI is InChI=1S/C30H44N4O4/c1-21-15-23(3)29(24(4)16-21)31-27(35)19-33-7-11-37-13-9-34(10-14-38-12-8-33)20-28(36)32-30-25(5)17-22(2)18-26(30)6/h15-18H,7-14,19-20H2,1-6H3,(H,31,35)(H,32,36). The molecule has 38 heavy (non-hydrogen) atoms. The minimum atomic E-state index is -0.0385. The van der Waals surface area contributed by atoms with Crippen molar-refractivity contribution < 1.29 is 19.1 Å². The van der Waals surface area contributed by atoms with Crippen LogP contribution in [0.3, 0.4) is 0 Å². The lowest BCUT2D eigenvalue weighted by atomic mass is 10.1. The van der Waals surface area contributed by atoms with E-state index in [4.69, 9.17) is 9.47 Å². The fourth-order valence-electron chi connectivity index (χ4n) is 5.04. The molecule has 2 N–H and O–H groups in total. The van der Waals surface area contributed by atoms with Gasteiger partial charge in [-0.2, -0.15) is 0 Å². The maximum Gasteiger partial charge on any atom is 0.238 e. The first kappa shape index (κ1) is 29.8. The lowest BCUT2D eigenvalue weighted by Crippen LogP contribution is -2.41. The van der Waals surface area contributed by atoms with Crippen molar-refractivity contribution in [2.45, 2.75) is 41.5 Å². The zero-order valence-electron chi connectivity index (χ0n) is 23.9. The number of ether oxygens (including phenoxy) is 2. The molecule has 0 unspecified atom stereocenters. The van der Waals surface area contributed by atoms with Gasteiger partial charge in [-0.15, -0.1) is 0 Å². The monoisotopic (exact) mass is 524 g/mol. The molecule has 0 radical (unpaired) electrons. The van der Waals surface area contributed by atoms with Crippen molar-refractivity contribution in [3.63, 3.8) is 0 Å². The van der Waals surface area contributed by atoms with Crippen LogP contribution in [0.5, 0.6) is 0 Å². The molecule has 0 atom stereocenters. The molecule has 1 aliphatic heterocycles. The Morgan fingerprint density at radius 3 is 1.18 bits per heavy atom. The highest BCUT2D eigenvalue weighted by atomic mass is 16.5. The number of anilines is 2. The zero-order valence-corrected chi connectivity index (χ0v) is 23.9. The third-order valence-electron chi connectivity index (χ3n) is 6.82. The predicted molar refractivity (Wildman–Crippen MR) is 153 cm³/mol. The SMILES string of the molecule is Cc1cc(C)c(NC(=O)CN2CCOCCN(CC(=O)Nc3c(C)cc(C)cc3C)CCOCC2)c(C)c1. The quantitative estimate of drug-likeness (QED) is 0.599. The lowest BCUT2D eigenvalue weighted by Gasteiger charge is -2.26. The summed E-state index contributed by atoms with van der Waals surface area (Å²) in [6.07, 6.45) is 0. The van der Waals surface area contributed by atoms with E-state index in [0.717, 1.165) is 33.6 Å². The van der Waals surface area contributed by atoms with Crippen molar-refractivity contribution >= 4 is 23.2 Å². The van der Waals surface area contributed by atoms with Gasteiger partial charge in [0.25, 0.3) is 0 Å². The van der Waals surface area contributed by atoms with Crippen molar-refractivity contribution in [3.05, 3.63) is 57.6 Å². The Morgan fingerprint density at radius 1 is 0.605 bits per heavy atom. The molecule has 0 saturated carbocycles. The van der Waals surface area contributed by atoms with Crippen LogP contribution in [-0.4, -0.2) is 87.3 Å². The number of rotatable bonds is 6. The summed E-state index contributed by atoms with van der Waals surface area (Å²) in [5.41, 5.74) is 8.42. The van der Waals surface area contributed by atoms with E-state index in [0.29, 0.717) is 52.6 Å². The fraction of sp³-hybridized carbons (Fsp3) is 0.533. The number of carbonyl (C=O) groups is 2. The second-order valence-corrected chi connectivity index (χ2v) is 10.4. The highest BCUT2D eigenvalue weighted by Crippen LogP contribution is 2.23. The first-order chi connectivity index (χ1) is 18.1. The third kappa shape index (κ3) is 9.20. The van der Waals surface area contributed by atoms with Gasteiger partial charge in [0.1, 0.15) is 0 Å². The molecule has 1 aliphatic rings. The number of benzene rings is 2. The maximum atomic E-state index is 12.8. The molecule has 2 amide bonds. The van der Waals surface area contributed by atoms with Crippen LogP contribution in [-0.2, 0) is 19.1 Å². The van der Waals surface area contributed by atoms with Crippen molar-refractivity contribution in [3.8, 4) is 0 Å². The molecule has 1 heterocycles. The third-order valence-corrected chi connectivity index (χ3v) is 6.82. The predicted octanol–water partition coefficient (Wildman–Crippen LogP) is 3.77. The van der Waals surface area contributed by atoms with Gasteiger partial charge >= 0.3 is 0 Å². The number of hydrogen-bond donors (Lipinski definition) is 2.